The summed E-state index contributed by atoms with van der Waals surface area (Å²) in [6, 6.07) is 5.54. The molecule has 0 heterocycles. The van der Waals surface area contributed by atoms with Gasteiger partial charge in [0.15, 0.2) is 0 Å². The zero-order chi connectivity index (χ0) is 18.2. The van der Waals surface area contributed by atoms with Crippen LogP contribution in [0.1, 0.15) is 20.8 Å². The van der Waals surface area contributed by atoms with E-state index < -0.39 is 11.0 Å². The van der Waals surface area contributed by atoms with Crippen molar-refractivity contribution in [2.24, 2.45) is 0 Å². The normalized spacial score (nSPS) is 10.6. The van der Waals surface area contributed by atoms with E-state index in [1.165, 1.54) is 12.1 Å². The lowest BCUT2D eigenvalue weighted by Gasteiger charge is -2.20. The van der Waals surface area contributed by atoms with Gasteiger partial charge in [0.1, 0.15) is 0 Å². The van der Waals surface area contributed by atoms with Crippen LogP contribution in [0, 0.1) is 10.1 Å². The van der Waals surface area contributed by atoms with Crippen molar-refractivity contribution < 1.29 is 14.5 Å². The highest BCUT2D eigenvalue weighted by atomic mass is 16.6. The molecule has 0 atom stereocenters. The first-order chi connectivity index (χ1) is 11.2. The Kier molecular flexibility index (Phi) is 6.97. The lowest BCUT2D eigenvalue weighted by molar-refractivity contribution is -0.384. The molecule has 24 heavy (non-hydrogen) atoms. The minimum absolute atomic E-state index is 0.0200. The number of nitrogens with zero attached hydrogens (tertiary/aromatic N) is 1. The molecule has 0 aliphatic heterocycles. The fraction of sp³-hybridized carbons (Fsp3) is 0.467. The molecule has 0 aliphatic carbocycles. The third-order valence-electron chi connectivity index (χ3n) is 2.74. The molecule has 9 nitrogen and oxygen atoms in total. The fourth-order valence-electron chi connectivity index (χ4n) is 1.77. The molecule has 0 aliphatic rings. The summed E-state index contributed by atoms with van der Waals surface area (Å²) in [6.45, 7) is 6.25. The minimum atomic E-state index is -0.467. The molecule has 0 unspecified atom stereocenters. The van der Waals surface area contributed by atoms with Gasteiger partial charge in [0.2, 0.25) is 5.91 Å². The van der Waals surface area contributed by atoms with Crippen molar-refractivity contribution in [2.45, 2.75) is 26.3 Å². The zero-order valence-electron chi connectivity index (χ0n) is 14.0. The first-order valence-electron chi connectivity index (χ1n) is 7.48. The Balaban J connectivity index is 2.19. The van der Waals surface area contributed by atoms with Crippen LogP contribution in [-0.4, -0.2) is 42.0 Å². The van der Waals surface area contributed by atoms with E-state index in [1.54, 1.807) is 12.1 Å². The van der Waals surface area contributed by atoms with Gasteiger partial charge in [-0.05, 0) is 32.9 Å². The molecule has 0 aromatic heterocycles. The molecule has 0 saturated carbocycles. The number of rotatable bonds is 7. The highest BCUT2D eigenvalue weighted by Gasteiger charge is 2.13. The number of benzene rings is 1. The molecule has 9 heteroatoms. The number of hydrogen-bond donors (Lipinski definition) is 4. The molecular weight excluding hydrogens is 314 g/mol. The van der Waals surface area contributed by atoms with E-state index in [9.17, 15) is 19.7 Å². The smallest absolute Gasteiger partial charge is 0.315 e. The number of nitro benzene ring substituents is 1. The lowest BCUT2D eigenvalue weighted by Crippen LogP contribution is -2.48. The monoisotopic (exact) mass is 337 g/mol. The standard InChI is InChI=1S/C15H23N5O4/c1-15(2,3)19-13(21)10-18-14(22)17-9-8-16-11-4-6-12(7-5-11)20(23)24/h4-7,16H,8-10H2,1-3H3,(H,19,21)(H2,17,18,22). The maximum Gasteiger partial charge on any atom is 0.315 e. The van der Waals surface area contributed by atoms with Crippen LogP contribution in [0.15, 0.2) is 24.3 Å². The van der Waals surface area contributed by atoms with Crippen LogP contribution in [0.2, 0.25) is 0 Å². The Hall–Kier alpha value is -2.84. The second kappa shape index (κ2) is 8.70. The Morgan fingerprint density at radius 1 is 1.08 bits per heavy atom. The first-order valence-corrected chi connectivity index (χ1v) is 7.48. The summed E-state index contributed by atoms with van der Waals surface area (Å²) in [4.78, 5) is 33.1. The molecule has 1 aromatic rings. The molecular formula is C15H23N5O4. The van der Waals surface area contributed by atoms with Crippen LogP contribution in [0.25, 0.3) is 0 Å². The second-order valence-electron chi connectivity index (χ2n) is 6.14. The van der Waals surface area contributed by atoms with Gasteiger partial charge in [0, 0.05) is 36.4 Å². The predicted octanol–water partition coefficient (Wildman–Crippen LogP) is 1.22. The van der Waals surface area contributed by atoms with Crippen molar-refractivity contribution in [2.75, 3.05) is 25.0 Å². The number of hydrogen-bond acceptors (Lipinski definition) is 5. The topological polar surface area (TPSA) is 125 Å². The van der Waals surface area contributed by atoms with Crippen molar-refractivity contribution in [1.82, 2.24) is 16.0 Å². The van der Waals surface area contributed by atoms with Gasteiger partial charge in [-0.1, -0.05) is 0 Å². The Morgan fingerprint density at radius 2 is 1.71 bits per heavy atom. The summed E-state index contributed by atoms with van der Waals surface area (Å²) in [5.74, 6) is -0.262. The van der Waals surface area contributed by atoms with Gasteiger partial charge in [-0.3, -0.25) is 14.9 Å². The number of amides is 3. The van der Waals surface area contributed by atoms with Gasteiger partial charge in [0.25, 0.3) is 5.69 Å². The molecule has 0 spiro atoms. The SMILES string of the molecule is CC(C)(C)NC(=O)CNC(=O)NCCNc1ccc([N+](=O)[O-])cc1. The van der Waals surface area contributed by atoms with E-state index in [0.29, 0.717) is 18.8 Å². The van der Waals surface area contributed by atoms with Gasteiger partial charge in [-0.2, -0.15) is 0 Å². The van der Waals surface area contributed by atoms with Crippen molar-refractivity contribution >= 4 is 23.3 Å². The van der Waals surface area contributed by atoms with Gasteiger partial charge >= 0.3 is 6.03 Å². The van der Waals surface area contributed by atoms with Gasteiger partial charge in [-0.25, -0.2) is 4.79 Å². The van der Waals surface area contributed by atoms with Crippen LogP contribution in [-0.2, 0) is 4.79 Å². The third-order valence-corrected chi connectivity index (χ3v) is 2.74. The fourth-order valence-corrected chi connectivity index (χ4v) is 1.77. The maximum atomic E-state index is 11.5. The van der Waals surface area contributed by atoms with E-state index in [2.05, 4.69) is 21.3 Å². The number of nitro groups is 1. The highest BCUT2D eigenvalue weighted by molar-refractivity contribution is 5.84. The number of carbonyl (C=O) groups is 2. The number of carbonyl (C=O) groups excluding carboxylic acids is 2. The van der Waals surface area contributed by atoms with E-state index in [-0.39, 0.29) is 23.7 Å². The highest BCUT2D eigenvalue weighted by Crippen LogP contribution is 2.14. The molecule has 132 valence electrons. The van der Waals surface area contributed by atoms with Crippen molar-refractivity contribution in [3.8, 4) is 0 Å². The van der Waals surface area contributed by atoms with E-state index in [1.807, 2.05) is 20.8 Å². The average molecular weight is 337 g/mol. The van der Waals surface area contributed by atoms with Gasteiger partial charge in [0.05, 0.1) is 11.5 Å². The summed E-state index contributed by atoms with van der Waals surface area (Å²) in [5, 5.41) is 21.3. The van der Waals surface area contributed by atoms with Crippen molar-refractivity contribution in [3.63, 3.8) is 0 Å². The predicted molar refractivity (Wildman–Crippen MR) is 90.9 cm³/mol. The summed E-state index contributed by atoms with van der Waals surface area (Å²) in [6.07, 6.45) is 0. The number of anilines is 1. The van der Waals surface area contributed by atoms with Crippen LogP contribution in [0.5, 0.6) is 0 Å². The quantitative estimate of drug-likeness (QED) is 0.338. The van der Waals surface area contributed by atoms with Crippen LogP contribution >= 0.6 is 0 Å². The summed E-state index contributed by atoms with van der Waals surface area (Å²) in [7, 11) is 0. The average Bonchev–Trinajstić information content (AvgIpc) is 2.48. The number of non-ortho nitro benzene ring substituents is 1. The van der Waals surface area contributed by atoms with Crippen molar-refractivity contribution in [3.05, 3.63) is 34.4 Å². The maximum absolute atomic E-state index is 11.5. The van der Waals surface area contributed by atoms with E-state index in [4.69, 9.17) is 0 Å². The van der Waals surface area contributed by atoms with Crippen LogP contribution in [0.4, 0.5) is 16.2 Å². The van der Waals surface area contributed by atoms with E-state index in [0.717, 1.165) is 0 Å². The summed E-state index contributed by atoms with van der Waals surface area (Å²) in [5.41, 5.74) is 0.392. The number of urea groups is 1. The minimum Gasteiger partial charge on any atom is -0.383 e. The molecule has 0 saturated heterocycles. The molecule has 0 bridgehead atoms. The summed E-state index contributed by atoms with van der Waals surface area (Å²) >= 11 is 0. The molecule has 3 amide bonds. The van der Waals surface area contributed by atoms with Crippen LogP contribution in [0.3, 0.4) is 0 Å². The zero-order valence-corrected chi connectivity index (χ0v) is 14.0. The van der Waals surface area contributed by atoms with Gasteiger partial charge in [-0.15, -0.1) is 0 Å². The molecule has 4 N–H and O–H groups in total. The molecule has 0 fully saturated rings. The Morgan fingerprint density at radius 3 is 2.25 bits per heavy atom. The van der Waals surface area contributed by atoms with Gasteiger partial charge < -0.3 is 21.3 Å². The Labute approximate surface area is 140 Å². The summed E-state index contributed by atoms with van der Waals surface area (Å²) < 4.78 is 0. The molecule has 0 radical (unpaired) electrons. The van der Waals surface area contributed by atoms with Crippen molar-refractivity contribution in [1.29, 1.82) is 0 Å². The second-order valence-corrected chi connectivity index (χ2v) is 6.14. The molecule has 1 rings (SSSR count). The first kappa shape index (κ1) is 19.2. The number of nitrogens with one attached hydrogen (secondary N) is 4. The third kappa shape index (κ3) is 7.97. The lowest BCUT2D eigenvalue weighted by atomic mass is 10.1. The largest absolute Gasteiger partial charge is 0.383 e. The Bertz CT molecular complexity index is 581. The molecule has 1 aromatic carbocycles. The van der Waals surface area contributed by atoms with Crippen LogP contribution < -0.4 is 21.3 Å². The van der Waals surface area contributed by atoms with E-state index >= 15 is 0 Å².